The van der Waals surface area contributed by atoms with E-state index in [-0.39, 0.29) is 17.6 Å². The molecule has 0 aromatic carbocycles. The lowest BCUT2D eigenvalue weighted by Crippen LogP contribution is -2.33. The summed E-state index contributed by atoms with van der Waals surface area (Å²) in [5.41, 5.74) is 0.129. The van der Waals surface area contributed by atoms with Crippen LogP contribution in [-0.2, 0) is 4.74 Å². The molecule has 1 aromatic rings. The highest BCUT2D eigenvalue weighted by atomic mass is 16.5. The average Bonchev–Trinajstić information content (AvgIpc) is 2.83. The molecule has 1 aliphatic rings. The number of aromatic nitrogens is 1. The Morgan fingerprint density at radius 1 is 1.61 bits per heavy atom. The number of carbonyl (C=O) groups excluding carboxylic acids is 1. The van der Waals surface area contributed by atoms with E-state index in [1.54, 1.807) is 6.07 Å². The summed E-state index contributed by atoms with van der Waals surface area (Å²) in [5, 5.41) is 2.86. The lowest BCUT2D eigenvalue weighted by atomic mass is 9.99. The number of hydrogen-bond acceptors (Lipinski definition) is 3. The van der Waals surface area contributed by atoms with E-state index >= 15 is 0 Å². The van der Waals surface area contributed by atoms with E-state index in [0.717, 1.165) is 19.4 Å². The van der Waals surface area contributed by atoms with Gasteiger partial charge in [0.05, 0.1) is 6.10 Å². The Kier molecular flexibility index (Phi) is 4.15. The van der Waals surface area contributed by atoms with Crippen LogP contribution in [0.25, 0.3) is 0 Å². The Labute approximate surface area is 106 Å². The van der Waals surface area contributed by atoms with Crippen molar-refractivity contribution in [3.8, 4) is 0 Å². The summed E-state index contributed by atoms with van der Waals surface area (Å²) in [4.78, 5) is 25.4. The number of aromatic amines is 1. The molecule has 2 atom stereocenters. The molecule has 1 amide bonds. The number of nitrogens with one attached hydrogen (secondary N) is 2. The van der Waals surface area contributed by atoms with Gasteiger partial charge in [-0.25, -0.2) is 0 Å². The first kappa shape index (κ1) is 12.8. The van der Waals surface area contributed by atoms with Crippen LogP contribution in [-0.4, -0.2) is 30.1 Å². The highest BCUT2D eigenvalue weighted by Crippen LogP contribution is 2.22. The van der Waals surface area contributed by atoms with Crippen molar-refractivity contribution in [3.05, 3.63) is 34.2 Å². The van der Waals surface area contributed by atoms with E-state index in [4.69, 9.17) is 4.74 Å². The number of carbonyl (C=O) groups is 1. The van der Waals surface area contributed by atoms with Crippen LogP contribution in [0.4, 0.5) is 0 Å². The molecule has 98 valence electrons. The van der Waals surface area contributed by atoms with Gasteiger partial charge < -0.3 is 15.0 Å². The molecular formula is C13H18N2O3. The van der Waals surface area contributed by atoms with Crippen molar-refractivity contribution in [3.63, 3.8) is 0 Å². The van der Waals surface area contributed by atoms with Crippen LogP contribution in [0.5, 0.6) is 0 Å². The highest BCUT2D eigenvalue weighted by molar-refractivity contribution is 5.93. The van der Waals surface area contributed by atoms with Gasteiger partial charge in [-0.2, -0.15) is 0 Å². The summed E-state index contributed by atoms with van der Waals surface area (Å²) < 4.78 is 5.57. The van der Waals surface area contributed by atoms with Crippen LogP contribution in [0, 0.1) is 5.92 Å². The minimum Gasteiger partial charge on any atom is -0.378 e. The van der Waals surface area contributed by atoms with Crippen molar-refractivity contribution in [1.29, 1.82) is 0 Å². The monoisotopic (exact) mass is 250 g/mol. The number of rotatable bonds is 4. The largest absolute Gasteiger partial charge is 0.378 e. The average molecular weight is 250 g/mol. The molecule has 1 fully saturated rings. The predicted molar refractivity (Wildman–Crippen MR) is 67.5 cm³/mol. The van der Waals surface area contributed by atoms with E-state index in [2.05, 4.69) is 17.2 Å². The third kappa shape index (κ3) is 2.98. The van der Waals surface area contributed by atoms with E-state index in [0.29, 0.717) is 18.0 Å². The molecule has 1 aromatic heterocycles. The minimum absolute atomic E-state index is 0.206. The maximum Gasteiger partial charge on any atom is 0.251 e. The summed E-state index contributed by atoms with van der Waals surface area (Å²) in [6.07, 6.45) is 3.66. The summed E-state index contributed by atoms with van der Waals surface area (Å²) in [5.74, 6) is 0.170. The molecule has 0 radical (unpaired) electrons. The Hall–Kier alpha value is -1.62. The van der Waals surface area contributed by atoms with Crippen LogP contribution >= 0.6 is 0 Å². The number of pyridine rings is 1. The maximum absolute atomic E-state index is 11.8. The Bertz CT molecular complexity index is 469. The Balaban J connectivity index is 1.90. The van der Waals surface area contributed by atoms with Gasteiger partial charge in [-0.1, -0.05) is 6.92 Å². The molecule has 2 rings (SSSR count). The van der Waals surface area contributed by atoms with Crippen LogP contribution < -0.4 is 10.9 Å². The third-order valence-electron chi connectivity index (χ3n) is 3.31. The second kappa shape index (κ2) is 5.82. The summed E-state index contributed by atoms with van der Waals surface area (Å²) in [6.45, 7) is 3.45. The molecule has 5 heteroatoms. The van der Waals surface area contributed by atoms with Crippen LogP contribution in [0.1, 0.15) is 30.1 Å². The van der Waals surface area contributed by atoms with Crippen molar-refractivity contribution >= 4 is 5.91 Å². The zero-order valence-corrected chi connectivity index (χ0v) is 10.4. The van der Waals surface area contributed by atoms with Gasteiger partial charge in [0.25, 0.3) is 5.91 Å². The van der Waals surface area contributed by atoms with Gasteiger partial charge in [0.2, 0.25) is 5.56 Å². The molecule has 18 heavy (non-hydrogen) atoms. The smallest absolute Gasteiger partial charge is 0.251 e. The normalized spacial score (nSPS) is 22.9. The zero-order chi connectivity index (χ0) is 13.0. The maximum atomic E-state index is 11.8. The molecule has 0 spiro atoms. The molecule has 1 saturated heterocycles. The van der Waals surface area contributed by atoms with Crippen LogP contribution in [0.2, 0.25) is 0 Å². The fourth-order valence-corrected chi connectivity index (χ4v) is 2.29. The first-order valence-electron chi connectivity index (χ1n) is 6.29. The highest BCUT2D eigenvalue weighted by Gasteiger charge is 2.26. The molecule has 1 aliphatic heterocycles. The van der Waals surface area contributed by atoms with Crippen molar-refractivity contribution in [1.82, 2.24) is 10.3 Å². The third-order valence-corrected chi connectivity index (χ3v) is 3.31. The fraction of sp³-hybridized carbons (Fsp3) is 0.538. The number of hydrogen-bond donors (Lipinski definition) is 2. The second-order valence-corrected chi connectivity index (χ2v) is 4.52. The second-order valence-electron chi connectivity index (χ2n) is 4.52. The van der Waals surface area contributed by atoms with Crippen molar-refractivity contribution in [2.24, 2.45) is 5.92 Å². The molecule has 0 aliphatic carbocycles. The first-order valence-corrected chi connectivity index (χ1v) is 6.29. The van der Waals surface area contributed by atoms with E-state index < -0.39 is 0 Å². The quantitative estimate of drug-likeness (QED) is 0.834. The Morgan fingerprint density at radius 2 is 2.44 bits per heavy atom. The van der Waals surface area contributed by atoms with E-state index in [1.807, 2.05) is 0 Å². The number of ether oxygens (including phenoxy) is 1. The van der Waals surface area contributed by atoms with Crippen LogP contribution in [0.15, 0.2) is 23.1 Å². The van der Waals surface area contributed by atoms with Crippen LogP contribution in [0.3, 0.4) is 0 Å². The van der Waals surface area contributed by atoms with Gasteiger partial charge in [-0.05, 0) is 18.9 Å². The van der Waals surface area contributed by atoms with Crippen molar-refractivity contribution in [2.45, 2.75) is 25.9 Å². The lowest BCUT2D eigenvalue weighted by molar-refractivity contribution is 0.0827. The van der Waals surface area contributed by atoms with Gasteiger partial charge in [0.1, 0.15) is 0 Å². The molecule has 0 saturated carbocycles. The molecule has 2 heterocycles. The lowest BCUT2D eigenvalue weighted by Gasteiger charge is -2.17. The SMILES string of the molecule is CCC1OCCC1CNC(=O)c1cc[nH]c(=O)c1. The number of amides is 1. The summed E-state index contributed by atoms with van der Waals surface area (Å²) >= 11 is 0. The molecule has 2 unspecified atom stereocenters. The molecular weight excluding hydrogens is 232 g/mol. The Morgan fingerprint density at radius 3 is 3.17 bits per heavy atom. The topological polar surface area (TPSA) is 71.2 Å². The molecule has 5 nitrogen and oxygen atoms in total. The molecule has 0 bridgehead atoms. The number of H-pyrrole nitrogens is 1. The van der Waals surface area contributed by atoms with Gasteiger partial charge in [0, 0.05) is 36.9 Å². The van der Waals surface area contributed by atoms with Gasteiger partial charge in [-0.3, -0.25) is 9.59 Å². The van der Waals surface area contributed by atoms with Gasteiger partial charge in [0.15, 0.2) is 0 Å². The summed E-state index contributed by atoms with van der Waals surface area (Å²) in [6, 6.07) is 2.90. The minimum atomic E-state index is -0.265. The fourth-order valence-electron chi connectivity index (χ4n) is 2.29. The predicted octanol–water partition coefficient (Wildman–Crippen LogP) is 0.920. The first-order chi connectivity index (χ1) is 8.70. The standard InChI is InChI=1S/C13H18N2O3/c1-2-11-10(4-6-18-11)8-15-13(17)9-3-5-14-12(16)7-9/h3,5,7,10-11H,2,4,6,8H2,1H3,(H,14,16)(H,15,17). The van der Waals surface area contributed by atoms with E-state index in [9.17, 15) is 9.59 Å². The zero-order valence-electron chi connectivity index (χ0n) is 10.4. The van der Waals surface area contributed by atoms with Crippen molar-refractivity contribution in [2.75, 3.05) is 13.2 Å². The van der Waals surface area contributed by atoms with E-state index in [1.165, 1.54) is 12.3 Å². The van der Waals surface area contributed by atoms with Gasteiger partial charge in [-0.15, -0.1) is 0 Å². The summed E-state index contributed by atoms with van der Waals surface area (Å²) in [7, 11) is 0. The van der Waals surface area contributed by atoms with Gasteiger partial charge >= 0.3 is 0 Å². The molecule has 2 N–H and O–H groups in total. The van der Waals surface area contributed by atoms with Crippen molar-refractivity contribution < 1.29 is 9.53 Å².